The van der Waals surface area contributed by atoms with Gasteiger partial charge in [-0.1, -0.05) is 22.3 Å². The van der Waals surface area contributed by atoms with Gasteiger partial charge in [0.15, 0.2) is 0 Å². The lowest BCUT2D eigenvalue weighted by Gasteiger charge is -2.33. The van der Waals surface area contributed by atoms with Gasteiger partial charge in [-0.05, 0) is 65.2 Å². The zero-order chi connectivity index (χ0) is 13.0. The normalized spacial score (nSPS) is 40.1. The Kier molecular flexibility index (Phi) is 2.76. The Balaban J connectivity index is 1.93. The first-order valence-electron chi connectivity index (χ1n) is 7.33. The van der Waals surface area contributed by atoms with Crippen molar-refractivity contribution in [3.05, 3.63) is 22.3 Å². The van der Waals surface area contributed by atoms with Crippen LogP contribution >= 0.6 is 0 Å². The van der Waals surface area contributed by atoms with E-state index in [0.29, 0.717) is 29.5 Å². The molecular weight excluding hydrogens is 220 g/mol. The van der Waals surface area contributed by atoms with E-state index in [2.05, 4.69) is 27.7 Å². The summed E-state index contributed by atoms with van der Waals surface area (Å²) in [6.07, 6.45) is 4.44. The molecular formula is C17H24O. The van der Waals surface area contributed by atoms with Crippen LogP contribution in [0.25, 0.3) is 0 Å². The molecule has 1 heteroatoms. The molecule has 0 amide bonds. The molecule has 0 aromatic heterocycles. The van der Waals surface area contributed by atoms with Gasteiger partial charge in [0, 0.05) is 11.8 Å². The van der Waals surface area contributed by atoms with Gasteiger partial charge in [-0.15, -0.1) is 0 Å². The Bertz CT molecular complexity index is 424. The molecule has 0 N–H and O–H groups in total. The summed E-state index contributed by atoms with van der Waals surface area (Å²) in [5.41, 5.74) is 6.05. The first-order chi connectivity index (χ1) is 8.49. The van der Waals surface area contributed by atoms with Crippen molar-refractivity contribution in [1.82, 2.24) is 0 Å². The van der Waals surface area contributed by atoms with E-state index in [9.17, 15) is 4.79 Å². The fourth-order valence-corrected chi connectivity index (χ4v) is 4.45. The molecule has 0 spiro atoms. The summed E-state index contributed by atoms with van der Waals surface area (Å²) in [6, 6.07) is 0. The lowest BCUT2D eigenvalue weighted by molar-refractivity contribution is -0.124. The fourth-order valence-electron chi connectivity index (χ4n) is 4.45. The molecule has 0 radical (unpaired) electrons. The van der Waals surface area contributed by atoms with Crippen molar-refractivity contribution in [3.63, 3.8) is 0 Å². The lowest BCUT2D eigenvalue weighted by Crippen LogP contribution is -2.24. The summed E-state index contributed by atoms with van der Waals surface area (Å²) < 4.78 is 0. The highest BCUT2D eigenvalue weighted by Gasteiger charge is 2.51. The van der Waals surface area contributed by atoms with Crippen LogP contribution in [0.3, 0.4) is 0 Å². The van der Waals surface area contributed by atoms with Crippen molar-refractivity contribution in [1.29, 1.82) is 0 Å². The summed E-state index contributed by atoms with van der Waals surface area (Å²) in [7, 11) is 0. The predicted molar refractivity (Wildman–Crippen MR) is 74.2 cm³/mol. The van der Waals surface area contributed by atoms with E-state index in [-0.39, 0.29) is 0 Å². The van der Waals surface area contributed by atoms with Crippen molar-refractivity contribution in [2.45, 2.75) is 53.4 Å². The van der Waals surface area contributed by atoms with E-state index in [1.54, 1.807) is 11.1 Å². The Labute approximate surface area is 110 Å². The molecule has 0 unspecified atom stereocenters. The predicted octanol–water partition coefficient (Wildman–Crippen LogP) is 4.29. The molecule has 0 heterocycles. The van der Waals surface area contributed by atoms with Crippen LogP contribution in [0.2, 0.25) is 0 Å². The van der Waals surface area contributed by atoms with Crippen molar-refractivity contribution >= 4 is 5.78 Å². The van der Waals surface area contributed by atoms with E-state index in [1.807, 2.05) is 0 Å². The number of hydrogen-bond acceptors (Lipinski definition) is 1. The maximum atomic E-state index is 12.6. The zero-order valence-corrected chi connectivity index (χ0v) is 12.0. The van der Waals surface area contributed by atoms with Crippen LogP contribution in [-0.4, -0.2) is 5.78 Å². The van der Waals surface area contributed by atoms with Crippen molar-refractivity contribution in [3.8, 4) is 0 Å². The molecule has 1 nitrogen and oxygen atoms in total. The third-order valence-corrected chi connectivity index (χ3v) is 5.91. The fraction of sp³-hybridized carbons (Fsp3) is 0.706. The van der Waals surface area contributed by atoms with Gasteiger partial charge >= 0.3 is 0 Å². The number of carbonyl (C=O) groups excluding carboxylic acids is 1. The molecule has 3 rings (SSSR count). The third-order valence-electron chi connectivity index (χ3n) is 5.91. The number of Topliss-reactive ketones (excluding diaryl/α,β-unsaturated/α-hetero) is 1. The second-order valence-corrected chi connectivity index (χ2v) is 6.88. The van der Waals surface area contributed by atoms with Gasteiger partial charge in [0.1, 0.15) is 5.78 Å². The van der Waals surface area contributed by atoms with Gasteiger partial charge < -0.3 is 0 Å². The van der Waals surface area contributed by atoms with Crippen LogP contribution < -0.4 is 0 Å². The molecule has 0 bridgehead atoms. The van der Waals surface area contributed by atoms with Crippen LogP contribution in [-0.2, 0) is 4.79 Å². The average Bonchev–Trinajstić information content (AvgIpc) is 2.56. The second-order valence-electron chi connectivity index (χ2n) is 6.88. The van der Waals surface area contributed by atoms with Crippen molar-refractivity contribution in [2.75, 3.05) is 0 Å². The largest absolute Gasteiger partial charge is 0.299 e. The van der Waals surface area contributed by atoms with Gasteiger partial charge in [-0.3, -0.25) is 4.79 Å². The molecule has 3 aliphatic carbocycles. The van der Waals surface area contributed by atoms with Gasteiger partial charge in [0.2, 0.25) is 0 Å². The molecule has 1 fully saturated rings. The molecule has 0 saturated heterocycles. The summed E-state index contributed by atoms with van der Waals surface area (Å²) in [5.74, 6) is 2.58. The Morgan fingerprint density at radius 2 is 1.00 bits per heavy atom. The van der Waals surface area contributed by atoms with Crippen LogP contribution in [0, 0.1) is 23.7 Å². The van der Waals surface area contributed by atoms with Gasteiger partial charge in [0.25, 0.3) is 0 Å². The summed E-state index contributed by atoms with van der Waals surface area (Å²) in [5, 5.41) is 0. The average molecular weight is 244 g/mol. The van der Waals surface area contributed by atoms with Crippen LogP contribution in [0.5, 0.6) is 0 Å². The molecule has 3 aliphatic rings. The minimum atomic E-state index is 0.349. The number of ketones is 1. The van der Waals surface area contributed by atoms with E-state index < -0.39 is 0 Å². The van der Waals surface area contributed by atoms with E-state index in [1.165, 1.54) is 24.0 Å². The van der Waals surface area contributed by atoms with Crippen molar-refractivity contribution in [2.24, 2.45) is 23.7 Å². The lowest BCUT2D eigenvalue weighted by atomic mass is 9.71. The molecule has 18 heavy (non-hydrogen) atoms. The van der Waals surface area contributed by atoms with Crippen LogP contribution in [0.15, 0.2) is 22.3 Å². The van der Waals surface area contributed by atoms with E-state index in [0.717, 1.165) is 12.8 Å². The van der Waals surface area contributed by atoms with Gasteiger partial charge in [-0.2, -0.15) is 0 Å². The molecule has 98 valence electrons. The number of fused-ring (bicyclic) bond motifs is 3. The first kappa shape index (κ1) is 12.2. The molecule has 1 saturated carbocycles. The zero-order valence-electron chi connectivity index (χ0n) is 12.0. The van der Waals surface area contributed by atoms with Gasteiger partial charge in [0.05, 0.1) is 0 Å². The minimum Gasteiger partial charge on any atom is -0.299 e. The first-order valence-corrected chi connectivity index (χ1v) is 7.33. The Morgan fingerprint density at radius 3 is 1.39 bits per heavy atom. The third kappa shape index (κ3) is 1.63. The summed E-state index contributed by atoms with van der Waals surface area (Å²) in [6.45, 7) is 8.96. The Morgan fingerprint density at radius 1 is 0.667 bits per heavy atom. The van der Waals surface area contributed by atoms with E-state index >= 15 is 0 Å². The number of carbonyl (C=O) groups is 1. The SMILES string of the molecule is CC1=C(C)C[C@@H]2C(=O)[C@@H]3CC(C)=C(C)C[C@H]3[C@@H]2C1. The molecule has 4 atom stereocenters. The van der Waals surface area contributed by atoms with E-state index in [4.69, 9.17) is 0 Å². The highest BCUT2D eigenvalue weighted by Crippen LogP contribution is 2.53. The topological polar surface area (TPSA) is 17.1 Å². The maximum Gasteiger partial charge on any atom is 0.140 e. The number of allylic oxidation sites excluding steroid dienone is 4. The molecule has 0 aliphatic heterocycles. The highest BCUT2D eigenvalue weighted by atomic mass is 16.1. The van der Waals surface area contributed by atoms with Crippen LogP contribution in [0.4, 0.5) is 0 Å². The van der Waals surface area contributed by atoms with Crippen molar-refractivity contribution < 1.29 is 4.79 Å². The summed E-state index contributed by atoms with van der Waals surface area (Å²) >= 11 is 0. The monoisotopic (exact) mass is 244 g/mol. The smallest absolute Gasteiger partial charge is 0.140 e. The standard InChI is InChI=1S/C17H24O/c1-9-5-13-14-6-10(2)12(4)8-16(14)17(18)15(13)7-11(9)3/h13-16H,5-8H2,1-4H3/t13-,14-,15-,16+/m0/s1. The maximum absolute atomic E-state index is 12.6. The van der Waals surface area contributed by atoms with Gasteiger partial charge in [-0.25, -0.2) is 0 Å². The Hall–Kier alpha value is -0.850. The number of hydrogen-bond donors (Lipinski definition) is 0. The minimum absolute atomic E-state index is 0.349. The van der Waals surface area contributed by atoms with Crippen LogP contribution in [0.1, 0.15) is 53.4 Å². The second kappa shape index (κ2) is 4.08. The highest BCUT2D eigenvalue weighted by molar-refractivity contribution is 5.87. The quantitative estimate of drug-likeness (QED) is 0.581. The molecule has 0 aromatic carbocycles. The molecule has 0 aromatic rings. The summed E-state index contributed by atoms with van der Waals surface area (Å²) in [4.78, 5) is 12.6. The number of rotatable bonds is 0.